The minimum atomic E-state index is -0.873. The predicted molar refractivity (Wildman–Crippen MR) is 69.6 cm³/mol. The van der Waals surface area contributed by atoms with Gasteiger partial charge in [-0.3, -0.25) is 4.98 Å². The largest absolute Gasteiger partial charge is 0.465 e. The first-order valence-electron chi connectivity index (χ1n) is 6.25. The summed E-state index contributed by atoms with van der Waals surface area (Å²) in [6.07, 6.45) is 5.89. The van der Waals surface area contributed by atoms with E-state index in [2.05, 4.69) is 11.1 Å². The maximum atomic E-state index is 11.1. The molecule has 2 rings (SSSR count). The lowest BCUT2D eigenvalue weighted by molar-refractivity contribution is 0.100. The Kier molecular flexibility index (Phi) is 3.05. The Bertz CT molecular complexity index is 438. The van der Waals surface area contributed by atoms with Gasteiger partial charge >= 0.3 is 6.09 Å². The van der Waals surface area contributed by atoms with Crippen molar-refractivity contribution in [2.45, 2.75) is 44.1 Å². The minimum Gasteiger partial charge on any atom is -0.465 e. The van der Waals surface area contributed by atoms with Crippen molar-refractivity contribution in [2.24, 2.45) is 0 Å². The van der Waals surface area contributed by atoms with E-state index in [0.29, 0.717) is 0 Å². The molecule has 0 aliphatic heterocycles. The molecule has 1 aliphatic rings. The molecular formula is C14H20N2O2. The Labute approximate surface area is 108 Å². The monoisotopic (exact) mass is 248 g/mol. The molecule has 1 amide bonds. The zero-order valence-corrected chi connectivity index (χ0v) is 11.2. The third-order valence-corrected chi connectivity index (χ3v) is 4.09. The first kappa shape index (κ1) is 12.9. The van der Waals surface area contributed by atoms with Gasteiger partial charge in [0.1, 0.15) is 0 Å². The fourth-order valence-corrected chi connectivity index (χ4v) is 2.60. The summed E-state index contributed by atoms with van der Waals surface area (Å²) in [4.78, 5) is 16.7. The molecule has 1 saturated carbocycles. The molecule has 98 valence electrons. The van der Waals surface area contributed by atoms with Crippen molar-refractivity contribution in [3.8, 4) is 0 Å². The van der Waals surface area contributed by atoms with Gasteiger partial charge in [-0.2, -0.15) is 0 Å². The summed E-state index contributed by atoms with van der Waals surface area (Å²) in [5, 5.41) is 9.12. The van der Waals surface area contributed by atoms with Crippen LogP contribution in [0.25, 0.3) is 0 Å². The minimum absolute atomic E-state index is 0.126. The van der Waals surface area contributed by atoms with E-state index in [0.717, 1.165) is 19.3 Å². The third-order valence-electron chi connectivity index (χ3n) is 4.09. The summed E-state index contributed by atoms with van der Waals surface area (Å²) in [5.41, 5.74) is 0.997. The number of hydrogen-bond donors (Lipinski definition) is 1. The van der Waals surface area contributed by atoms with Crippen LogP contribution in [0.2, 0.25) is 0 Å². The molecule has 1 aromatic heterocycles. The van der Waals surface area contributed by atoms with Crippen LogP contribution in [0.15, 0.2) is 24.5 Å². The molecule has 0 aromatic carbocycles. The molecule has 4 nitrogen and oxygen atoms in total. The lowest BCUT2D eigenvalue weighted by Gasteiger charge is -2.37. The summed E-state index contributed by atoms with van der Waals surface area (Å²) in [6, 6.07) is 4.04. The molecule has 0 atom stereocenters. The predicted octanol–water partition coefficient (Wildman–Crippen LogP) is 2.89. The first-order chi connectivity index (χ1) is 8.37. The number of hydrogen-bond acceptors (Lipinski definition) is 2. The second kappa shape index (κ2) is 4.26. The maximum absolute atomic E-state index is 11.1. The topological polar surface area (TPSA) is 53.4 Å². The summed E-state index contributed by atoms with van der Waals surface area (Å²) >= 11 is 0. The standard InChI is InChI=1S/C14H20N2O2/c1-13(2,16(3)12(17)18)10-14(6-7-14)11-5-4-8-15-9-11/h4-5,8-9H,6-7,10H2,1-3H3,(H,17,18). The molecule has 4 heteroatoms. The van der Waals surface area contributed by atoms with Crippen LogP contribution >= 0.6 is 0 Å². The highest BCUT2D eigenvalue weighted by molar-refractivity contribution is 5.65. The average molecular weight is 248 g/mol. The maximum Gasteiger partial charge on any atom is 0.407 e. The summed E-state index contributed by atoms with van der Waals surface area (Å²) in [6.45, 7) is 3.97. The van der Waals surface area contributed by atoms with Gasteiger partial charge in [0, 0.05) is 25.0 Å². The number of carboxylic acid groups (broad SMARTS) is 1. The fourth-order valence-electron chi connectivity index (χ4n) is 2.60. The second-order valence-electron chi connectivity index (χ2n) is 5.85. The number of carbonyl (C=O) groups is 1. The Balaban J connectivity index is 2.17. The number of aromatic nitrogens is 1. The Morgan fingerprint density at radius 1 is 1.56 bits per heavy atom. The highest BCUT2D eigenvalue weighted by Gasteiger charge is 2.49. The number of amides is 1. The summed E-state index contributed by atoms with van der Waals surface area (Å²) < 4.78 is 0. The van der Waals surface area contributed by atoms with Crippen LogP contribution in [0.4, 0.5) is 4.79 Å². The van der Waals surface area contributed by atoms with Gasteiger partial charge in [0.05, 0.1) is 0 Å². The normalized spacial score (nSPS) is 17.3. The van der Waals surface area contributed by atoms with Crippen molar-refractivity contribution in [1.82, 2.24) is 9.88 Å². The third kappa shape index (κ3) is 2.33. The molecule has 0 bridgehead atoms. The van der Waals surface area contributed by atoms with Crippen molar-refractivity contribution < 1.29 is 9.90 Å². The van der Waals surface area contributed by atoms with Gasteiger partial charge in [0.2, 0.25) is 0 Å². The molecule has 0 spiro atoms. The van der Waals surface area contributed by atoms with Gasteiger partial charge in [-0.1, -0.05) is 6.07 Å². The second-order valence-corrected chi connectivity index (χ2v) is 5.85. The number of nitrogens with zero attached hydrogens (tertiary/aromatic N) is 2. The number of rotatable bonds is 4. The van der Waals surface area contributed by atoms with Crippen molar-refractivity contribution in [3.05, 3.63) is 30.1 Å². The van der Waals surface area contributed by atoms with Gasteiger partial charge in [0.15, 0.2) is 0 Å². The van der Waals surface area contributed by atoms with Gasteiger partial charge < -0.3 is 10.0 Å². The van der Waals surface area contributed by atoms with E-state index in [-0.39, 0.29) is 11.0 Å². The van der Waals surface area contributed by atoms with E-state index in [1.54, 1.807) is 13.2 Å². The highest BCUT2D eigenvalue weighted by Crippen LogP contribution is 2.53. The first-order valence-corrected chi connectivity index (χ1v) is 6.25. The number of pyridine rings is 1. The molecular weight excluding hydrogens is 228 g/mol. The lowest BCUT2D eigenvalue weighted by atomic mass is 9.83. The van der Waals surface area contributed by atoms with E-state index in [9.17, 15) is 4.79 Å². The van der Waals surface area contributed by atoms with Crippen molar-refractivity contribution in [3.63, 3.8) is 0 Å². The van der Waals surface area contributed by atoms with Crippen LogP contribution in [0.1, 0.15) is 38.7 Å². The zero-order valence-electron chi connectivity index (χ0n) is 11.2. The van der Waals surface area contributed by atoms with Gasteiger partial charge in [-0.05, 0) is 50.2 Å². The molecule has 1 aromatic rings. The SMILES string of the molecule is CN(C(=O)O)C(C)(C)CC1(c2cccnc2)CC1. The van der Waals surface area contributed by atoms with E-state index in [1.807, 2.05) is 26.1 Å². The Morgan fingerprint density at radius 3 is 2.67 bits per heavy atom. The summed E-state index contributed by atoms with van der Waals surface area (Å²) in [7, 11) is 1.64. The quantitative estimate of drug-likeness (QED) is 0.891. The molecule has 1 heterocycles. The van der Waals surface area contributed by atoms with E-state index in [4.69, 9.17) is 5.11 Å². The van der Waals surface area contributed by atoms with E-state index in [1.165, 1.54) is 10.5 Å². The van der Waals surface area contributed by atoms with Gasteiger partial charge in [-0.15, -0.1) is 0 Å². The lowest BCUT2D eigenvalue weighted by Crippen LogP contribution is -2.46. The molecule has 1 fully saturated rings. The van der Waals surface area contributed by atoms with Gasteiger partial charge in [-0.25, -0.2) is 4.79 Å². The molecule has 0 unspecified atom stereocenters. The van der Waals surface area contributed by atoms with Crippen molar-refractivity contribution in [1.29, 1.82) is 0 Å². The molecule has 1 N–H and O–H groups in total. The van der Waals surface area contributed by atoms with Crippen molar-refractivity contribution >= 4 is 6.09 Å². The van der Waals surface area contributed by atoms with Crippen LogP contribution in [0.5, 0.6) is 0 Å². The highest BCUT2D eigenvalue weighted by atomic mass is 16.4. The Hall–Kier alpha value is -1.58. The Morgan fingerprint density at radius 2 is 2.22 bits per heavy atom. The molecule has 0 saturated heterocycles. The summed E-state index contributed by atoms with van der Waals surface area (Å²) in [5.74, 6) is 0. The average Bonchev–Trinajstić information content (AvgIpc) is 3.09. The zero-order chi connectivity index (χ0) is 13.4. The molecule has 1 aliphatic carbocycles. The fraction of sp³-hybridized carbons (Fsp3) is 0.571. The van der Waals surface area contributed by atoms with Crippen LogP contribution in [-0.4, -0.2) is 33.7 Å². The van der Waals surface area contributed by atoms with Crippen LogP contribution in [-0.2, 0) is 5.41 Å². The molecule has 0 radical (unpaired) electrons. The van der Waals surface area contributed by atoms with Crippen LogP contribution in [0, 0.1) is 0 Å². The van der Waals surface area contributed by atoms with Crippen LogP contribution in [0.3, 0.4) is 0 Å². The van der Waals surface area contributed by atoms with Crippen molar-refractivity contribution in [2.75, 3.05) is 7.05 Å². The smallest absolute Gasteiger partial charge is 0.407 e. The van der Waals surface area contributed by atoms with Crippen LogP contribution < -0.4 is 0 Å². The van der Waals surface area contributed by atoms with E-state index < -0.39 is 6.09 Å². The van der Waals surface area contributed by atoms with E-state index >= 15 is 0 Å². The van der Waals surface area contributed by atoms with Gasteiger partial charge in [0.25, 0.3) is 0 Å². The molecule has 18 heavy (non-hydrogen) atoms.